The average Bonchev–Trinajstić information content (AvgIpc) is 2.71. The fourth-order valence-corrected chi connectivity index (χ4v) is 2.15. The summed E-state index contributed by atoms with van der Waals surface area (Å²) in [6.07, 6.45) is 2.76. The van der Waals surface area contributed by atoms with Crippen LogP contribution >= 0.6 is 15.9 Å². The third kappa shape index (κ3) is 2.96. The molecule has 0 radical (unpaired) electrons. The van der Waals surface area contributed by atoms with E-state index in [0.717, 1.165) is 16.6 Å². The molecule has 2 nitrogen and oxygen atoms in total. The van der Waals surface area contributed by atoms with Gasteiger partial charge in [-0.15, -0.1) is 0 Å². The molecule has 1 aromatic carbocycles. The van der Waals surface area contributed by atoms with Gasteiger partial charge < -0.3 is 10.3 Å². The van der Waals surface area contributed by atoms with E-state index in [0.29, 0.717) is 18.7 Å². The Labute approximate surface area is 108 Å². The molecule has 0 bridgehead atoms. The standard InChI is InChI=1S/C13H14BrFN2/c14-11-4-3-10(13(15)8-11)9-17-7-1-2-12(17)5-6-16/h1-4,7-8H,5-6,9,16H2. The van der Waals surface area contributed by atoms with Gasteiger partial charge in [-0.25, -0.2) is 4.39 Å². The van der Waals surface area contributed by atoms with Gasteiger partial charge >= 0.3 is 0 Å². The van der Waals surface area contributed by atoms with Crippen LogP contribution in [0, 0.1) is 5.82 Å². The van der Waals surface area contributed by atoms with Crippen molar-refractivity contribution in [3.63, 3.8) is 0 Å². The molecule has 17 heavy (non-hydrogen) atoms. The lowest BCUT2D eigenvalue weighted by Gasteiger charge is -2.09. The summed E-state index contributed by atoms with van der Waals surface area (Å²) in [4.78, 5) is 0. The molecule has 2 N–H and O–H groups in total. The number of nitrogens with zero attached hydrogens (tertiary/aromatic N) is 1. The second-order valence-corrected chi connectivity index (χ2v) is 4.82. The normalized spacial score (nSPS) is 10.8. The monoisotopic (exact) mass is 296 g/mol. The predicted molar refractivity (Wildman–Crippen MR) is 70.4 cm³/mol. The first-order valence-corrected chi connectivity index (χ1v) is 6.28. The lowest BCUT2D eigenvalue weighted by atomic mass is 10.2. The summed E-state index contributed by atoms with van der Waals surface area (Å²) in [7, 11) is 0. The van der Waals surface area contributed by atoms with E-state index in [-0.39, 0.29) is 5.82 Å². The zero-order valence-electron chi connectivity index (χ0n) is 9.37. The zero-order valence-corrected chi connectivity index (χ0v) is 11.0. The number of halogens is 2. The Bertz CT molecular complexity index is 508. The number of nitrogens with two attached hydrogens (primary N) is 1. The molecule has 0 aliphatic heterocycles. The van der Waals surface area contributed by atoms with Crippen LogP contribution in [-0.4, -0.2) is 11.1 Å². The second kappa shape index (κ2) is 5.47. The summed E-state index contributed by atoms with van der Waals surface area (Å²) in [6, 6.07) is 9.11. The summed E-state index contributed by atoms with van der Waals surface area (Å²) in [5, 5.41) is 0. The van der Waals surface area contributed by atoms with E-state index in [1.807, 2.05) is 29.0 Å². The molecular weight excluding hydrogens is 283 g/mol. The molecule has 0 unspecified atom stereocenters. The van der Waals surface area contributed by atoms with Crippen molar-refractivity contribution in [1.82, 2.24) is 4.57 Å². The fourth-order valence-electron chi connectivity index (χ4n) is 1.81. The van der Waals surface area contributed by atoms with Gasteiger partial charge in [-0.05, 0) is 37.2 Å². The minimum Gasteiger partial charge on any atom is -0.347 e. The van der Waals surface area contributed by atoms with Crippen LogP contribution in [0.15, 0.2) is 41.0 Å². The Kier molecular flexibility index (Phi) is 3.97. The number of aromatic nitrogens is 1. The van der Waals surface area contributed by atoms with Crippen LogP contribution in [-0.2, 0) is 13.0 Å². The lowest BCUT2D eigenvalue weighted by Crippen LogP contribution is -2.09. The molecule has 1 aromatic heterocycles. The van der Waals surface area contributed by atoms with Crippen molar-refractivity contribution >= 4 is 15.9 Å². The number of rotatable bonds is 4. The Morgan fingerprint density at radius 3 is 2.82 bits per heavy atom. The van der Waals surface area contributed by atoms with E-state index in [2.05, 4.69) is 15.9 Å². The second-order valence-electron chi connectivity index (χ2n) is 3.90. The van der Waals surface area contributed by atoms with E-state index >= 15 is 0 Å². The van der Waals surface area contributed by atoms with Gasteiger partial charge in [0.15, 0.2) is 0 Å². The molecule has 0 saturated carbocycles. The molecule has 0 fully saturated rings. The van der Waals surface area contributed by atoms with Gasteiger partial charge in [0.25, 0.3) is 0 Å². The minimum atomic E-state index is -0.188. The first kappa shape index (κ1) is 12.3. The largest absolute Gasteiger partial charge is 0.347 e. The molecule has 0 spiro atoms. The van der Waals surface area contributed by atoms with Crippen molar-refractivity contribution in [3.05, 3.63) is 58.1 Å². The summed E-state index contributed by atoms with van der Waals surface area (Å²) in [5.74, 6) is -0.188. The molecule has 1 heterocycles. The van der Waals surface area contributed by atoms with Crippen molar-refractivity contribution in [2.75, 3.05) is 6.54 Å². The van der Waals surface area contributed by atoms with Gasteiger partial charge in [0.2, 0.25) is 0 Å². The SMILES string of the molecule is NCCc1cccn1Cc1ccc(Br)cc1F. The maximum Gasteiger partial charge on any atom is 0.129 e. The van der Waals surface area contributed by atoms with Crippen LogP contribution in [0.1, 0.15) is 11.3 Å². The highest BCUT2D eigenvalue weighted by Crippen LogP contribution is 2.17. The van der Waals surface area contributed by atoms with Crippen LogP contribution in [0.2, 0.25) is 0 Å². The summed E-state index contributed by atoms with van der Waals surface area (Å²) in [6.45, 7) is 1.15. The predicted octanol–water partition coefficient (Wildman–Crippen LogP) is 2.94. The molecule has 0 atom stereocenters. The van der Waals surface area contributed by atoms with Crippen LogP contribution in [0.25, 0.3) is 0 Å². The van der Waals surface area contributed by atoms with Crippen molar-refractivity contribution in [2.24, 2.45) is 5.73 Å². The third-order valence-corrected chi connectivity index (χ3v) is 3.17. The summed E-state index contributed by atoms with van der Waals surface area (Å²) >= 11 is 3.25. The molecule has 0 aliphatic carbocycles. The maximum atomic E-state index is 13.7. The van der Waals surface area contributed by atoms with Crippen LogP contribution < -0.4 is 5.73 Å². The van der Waals surface area contributed by atoms with E-state index < -0.39 is 0 Å². The van der Waals surface area contributed by atoms with Gasteiger partial charge in [-0.2, -0.15) is 0 Å². The van der Waals surface area contributed by atoms with Gasteiger partial charge in [0, 0.05) is 21.9 Å². The first-order chi connectivity index (χ1) is 8.20. The van der Waals surface area contributed by atoms with Crippen molar-refractivity contribution in [1.29, 1.82) is 0 Å². The van der Waals surface area contributed by atoms with E-state index in [4.69, 9.17) is 5.73 Å². The highest BCUT2D eigenvalue weighted by atomic mass is 79.9. The third-order valence-electron chi connectivity index (χ3n) is 2.68. The fraction of sp³-hybridized carbons (Fsp3) is 0.231. The van der Waals surface area contributed by atoms with Crippen LogP contribution in [0.3, 0.4) is 0 Å². The summed E-state index contributed by atoms with van der Waals surface area (Å²) in [5.41, 5.74) is 7.36. The molecule has 2 aromatic rings. The maximum absolute atomic E-state index is 13.7. The Morgan fingerprint density at radius 2 is 2.12 bits per heavy atom. The van der Waals surface area contributed by atoms with Crippen molar-refractivity contribution < 1.29 is 4.39 Å². The molecule has 0 aliphatic rings. The lowest BCUT2D eigenvalue weighted by molar-refractivity contribution is 0.595. The Balaban J connectivity index is 2.22. The smallest absolute Gasteiger partial charge is 0.129 e. The molecule has 90 valence electrons. The molecule has 2 rings (SSSR count). The van der Waals surface area contributed by atoms with Gasteiger partial charge in [-0.1, -0.05) is 22.0 Å². The zero-order chi connectivity index (χ0) is 12.3. The quantitative estimate of drug-likeness (QED) is 0.924. The van der Waals surface area contributed by atoms with Crippen molar-refractivity contribution in [3.8, 4) is 0 Å². The molecule has 0 saturated heterocycles. The number of hydrogen-bond acceptors (Lipinski definition) is 1. The highest BCUT2D eigenvalue weighted by molar-refractivity contribution is 9.10. The highest BCUT2D eigenvalue weighted by Gasteiger charge is 2.06. The minimum absolute atomic E-state index is 0.188. The Hall–Kier alpha value is -1.13. The summed E-state index contributed by atoms with van der Waals surface area (Å²) < 4.78 is 16.5. The average molecular weight is 297 g/mol. The Morgan fingerprint density at radius 1 is 1.29 bits per heavy atom. The van der Waals surface area contributed by atoms with Crippen LogP contribution in [0.5, 0.6) is 0 Å². The van der Waals surface area contributed by atoms with Crippen molar-refractivity contribution in [2.45, 2.75) is 13.0 Å². The van der Waals surface area contributed by atoms with Gasteiger partial charge in [0.1, 0.15) is 5.82 Å². The van der Waals surface area contributed by atoms with E-state index in [1.54, 1.807) is 6.07 Å². The van der Waals surface area contributed by atoms with Crippen LogP contribution in [0.4, 0.5) is 4.39 Å². The first-order valence-electron chi connectivity index (χ1n) is 5.48. The van der Waals surface area contributed by atoms with Gasteiger partial charge in [-0.3, -0.25) is 0 Å². The van der Waals surface area contributed by atoms with Gasteiger partial charge in [0.05, 0.1) is 6.54 Å². The molecule has 4 heteroatoms. The number of benzene rings is 1. The topological polar surface area (TPSA) is 30.9 Å². The number of hydrogen-bond donors (Lipinski definition) is 1. The van der Waals surface area contributed by atoms with E-state index in [1.165, 1.54) is 6.07 Å². The molecular formula is C13H14BrFN2. The molecule has 0 amide bonds. The van der Waals surface area contributed by atoms with E-state index in [9.17, 15) is 4.39 Å².